The van der Waals surface area contributed by atoms with Crippen molar-refractivity contribution in [2.24, 2.45) is 0 Å². The van der Waals surface area contributed by atoms with Crippen molar-refractivity contribution >= 4 is 15.9 Å². The summed E-state index contributed by atoms with van der Waals surface area (Å²) in [5.41, 5.74) is 2.21. The zero-order valence-corrected chi connectivity index (χ0v) is 8.82. The van der Waals surface area contributed by atoms with Gasteiger partial charge < -0.3 is 0 Å². The van der Waals surface area contributed by atoms with Crippen molar-refractivity contribution in [2.75, 3.05) is 0 Å². The van der Waals surface area contributed by atoms with Crippen LogP contribution in [0.5, 0.6) is 0 Å². The van der Waals surface area contributed by atoms with Crippen LogP contribution < -0.4 is 0 Å². The van der Waals surface area contributed by atoms with Crippen molar-refractivity contribution < 1.29 is 0 Å². The van der Waals surface area contributed by atoms with E-state index in [1.165, 1.54) is 0 Å². The molecule has 13 heavy (non-hydrogen) atoms. The Balaban J connectivity index is 2.53. The van der Waals surface area contributed by atoms with Crippen LogP contribution in [0, 0.1) is 6.92 Å². The highest BCUT2D eigenvalue weighted by molar-refractivity contribution is 9.10. The molecule has 0 aliphatic heterocycles. The maximum Gasteiger partial charge on any atom is 0.0649 e. The number of nitrogens with zero attached hydrogens (tertiary/aromatic N) is 2. The molecule has 0 atom stereocenters. The summed E-state index contributed by atoms with van der Waals surface area (Å²) in [6, 6.07) is 10.1. The summed E-state index contributed by atoms with van der Waals surface area (Å²) in [4.78, 5) is 0. The lowest BCUT2D eigenvalue weighted by molar-refractivity contribution is 0.846. The summed E-state index contributed by atoms with van der Waals surface area (Å²) >= 11 is 3.43. The highest BCUT2D eigenvalue weighted by Gasteiger charge is 2.03. The number of hydrogen-bond donors (Lipinski definition) is 0. The first-order chi connectivity index (χ1) is 6.29. The molecule has 0 bridgehead atoms. The summed E-state index contributed by atoms with van der Waals surface area (Å²) in [5.74, 6) is 0. The topological polar surface area (TPSA) is 17.8 Å². The second kappa shape index (κ2) is 3.34. The predicted molar refractivity (Wildman–Crippen MR) is 56.0 cm³/mol. The van der Waals surface area contributed by atoms with E-state index in [1.54, 1.807) is 0 Å². The van der Waals surface area contributed by atoms with Crippen molar-refractivity contribution in [3.63, 3.8) is 0 Å². The highest BCUT2D eigenvalue weighted by atomic mass is 79.9. The molecule has 66 valence electrons. The molecule has 0 amide bonds. The zero-order chi connectivity index (χ0) is 9.26. The quantitative estimate of drug-likeness (QED) is 0.745. The van der Waals surface area contributed by atoms with Crippen LogP contribution in [0.2, 0.25) is 0 Å². The summed E-state index contributed by atoms with van der Waals surface area (Å²) in [6.07, 6.45) is 1.81. The first-order valence-corrected chi connectivity index (χ1v) is 4.84. The average Bonchev–Trinajstić information content (AvgIpc) is 2.49. The first-order valence-electron chi connectivity index (χ1n) is 4.04. The molecule has 0 saturated heterocycles. The van der Waals surface area contributed by atoms with E-state index < -0.39 is 0 Å². The van der Waals surface area contributed by atoms with E-state index in [0.29, 0.717) is 0 Å². The van der Waals surface area contributed by atoms with Crippen LogP contribution >= 0.6 is 15.9 Å². The normalized spacial score (nSPS) is 10.3. The molecule has 0 radical (unpaired) electrons. The molecule has 2 aromatic rings. The number of hydrogen-bond acceptors (Lipinski definition) is 1. The van der Waals surface area contributed by atoms with E-state index in [9.17, 15) is 0 Å². The lowest BCUT2D eigenvalue weighted by atomic mass is 10.3. The fourth-order valence-electron chi connectivity index (χ4n) is 1.22. The first kappa shape index (κ1) is 8.51. The Morgan fingerprint density at radius 2 is 1.92 bits per heavy atom. The van der Waals surface area contributed by atoms with Crippen LogP contribution in [0.3, 0.4) is 0 Å². The zero-order valence-electron chi connectivity index (χ0n) is 7.24. The monoisotopic (exact) mass is 236 g/mol. The molecule has 1 aromatic heterocycles. The number of halogens is 1. The summed E-state index contributed by atoms with van der Waals surface area (Å²) in [7, 11) is 0. The molecule has 0 saturated carbocycles. The maximum absolute atomic E-state index is 4.26. The molecule has 2 rings (SSSR count). The van der Waals surface area contributed by atoms with Gasteiger partial charge in [-0.3, -0.25) is 0 Å². The van der Waals surface area contributed by atoms with Gasteiger partial charge in [0.25, 0.3) is 0 Å². The standard InChI is InChI=1S/C10H9BrN2/c1-8-10(11)7-12-13(8)9-5-3-2-4-6-9/h2-7H,1H3. The molecule has 2 nitrogen and oxygen atoms in total. The van der Waals surface area contributed by atoms with Gasteiger partial charge in [0.2, 0.25) is 0 Å². The van der Waals surface area contributed by atoms with Gasteiger partial charge in [-0.2, -0.15) is 5.10 Å². The van der Waals surface area contributed by atoms with Gasteiger partial charge in [0.15, 0.2) is 0 Å². The molecule has 0 aliphatic rings. The minimum atomic E-state index is 1.04. The molecule has 0 N–H and O–H groups in total. The third kappa shape index (κ3) is 1.52. The van der Waals surface area contributed by atoms with Gasteiger partial charge >= 0.3 is 0 Å². The van der Waals surface area contributed by atoms with Gasteiger partial charge in [0.1, 0.15) is 0 Å². The van der Waals surface area contributed by atoms with Crippen LogP contribution in [0.4, 0.5) is 0 Å². The van der Waals surface area contributed by atoms with Crippen molar-refractivity contribution in [1.82, 2.24) is 9.78 Å². The van der Waals surface area contributed by atoms with Gasteiger partial charge in [-0.05, 0) is 35.0 Å². The lowest BCUT2D eigenvalue weighted by Gasteiger charge is -2.02. The largest absolute Gasteiger partial charge is 0.237 e. The number of rotatable bonds is 1. The van der Waals surface area contributed by atoms with Crippen LogP contribution in [-0.4, -0.2) is 9.78 Å². The van der Waals surface area contributed by atoms with E-state index in [0.717, 1.165) is 15.9 Å². The number of para-hydroxylation sites is 1. The van der Waals surface area contributed by atoms with Gasteiger partial charge in [0.05, 0.1) is 22.1 Å². The van der Waals surface area contributed by atoms with Gasteiger partial charge in [-0.15, -0.1) is 0 Å². The van der Waals surface area contributed by atoms with Crippen molar-refractivity contribution in [3.8, 4) is 5.69 Å². The van der Waals surface area contributed by atoms with Crippen LogP contribution in [0.1, 0.15) is 5.69 Å². The average molecular weight is 237 g/mol. The fourth-order valence-corrected chi connectivity index (χ4v) is 1.48. The third-order valence-corrected chi connectivity index (χ3v) is 2.73. The van der Waals surface area contributed by atoms with E-state index in [2.05, 4.69) is 21.0 Å². The molecule has 0 fully saturated rings. The van der Waals surface area contributed by atoms with Gasteiger partial charge in [0, 0.05) is 0 Å². The molecule has 3 heteroatoms. The number of aromatic nitrogens is 2. The van der Waals surface area contributed by atoms with Crippen LogP contribution in [-0.2, 0) is 0 Å². The van der Waals surface area contributed by atoms with Gasteiger partial charge in [-0.25, -0.2) is 4.68 Å². The highest BCUT2D eigenvalue weighted by Crippen LogP contribution is 2.18. The number of benzene rings is 1. The molecule has 0 spiro atoms. The molecular formula is C10H9BrN2. The predicted octanol–water partition coefficient (Wildman–Crippen LogP) is 2.94. The van der Waals surface area contributed by atoms with Crippen LogP contribution in [0.15, 0.2) is 41.0 Å². The van der Waals surface area contributed by atoms with E-state index >= 15 is 0 Å². The molecular weight excluding hydrogens is 228 g/mol. The molecule has 1 aromatic carbocycles. The third-order valence-electron chi connectivity index (χ3n) is 1.95. The Hall–Kier alpha value is -1.09. The smallest absolute Gasteiger partial charge is 0.0649 e. The fraction of sp³-hybridized carbons (Fsp3) is 0.100. The Morgan fingerprint density at radius 3 is 2.46 bits per heavy atom. The second-order valence-electron chi connectivity index (χ2n) is 2.83. The summed E-state index contributed by atoms with van der Waals surface area (Å²) in [6.45, 7) is 2.03. The SMILES string of the molecule is Cc1c(Br)cnn1-c1ccccc1. The van der Waals surface area contributed by atoms with E-state index in [-0.39, 0.29) is 0 Å². The van der Waals surface area contributed by atoms with E-state index in [4.69, 9.17) is 0 Å². The van der Waals surface area contributed by atoms with Crippen molar-refractivity contribution in [3.05, 3.63) is 46.7 Å². The van der Waals surface area contributed by atoms with Crippen molar-refractivity contribution in [1.29, 1.82) is 0 Å². The Morgan fingerprint density at radius 1 is 1.23 bits per heavy atom. The molecule has 1 heterocycles. The Kier molecular flexibility index (Phi) is 2.19. The summed E-state index contributed by atoms with van der Waals surface area (Å²) in [5, 5.41) is 4.26. The Labute approximate surface area is 85.3 Å². The van der Waals surface area contributed by atoms with Crippen LogP contribution in [0.25, 0.3) is 5.69 Å². The summed E-state index contributed by atoms with van der Waals surface area (Å²) < 4.78 is 2.95. The molecule has 0 aliphatic carbocycles. The van der Waals surface area contributed by atoms with Crippen molar-refractivity contribution in [2.45, 2.75) is 6.92 Å². The minimum absolute atomic E-state index is 1.04. The Bertz CT molecular complexity index is 406. The molecule has 0 unspecified atom stereocenters. The minimum Gasteiger partial charge on any atom is -0.237 e. The lowest BCUT2D eigenvalue weighted by Crippen LogP contribution is -1.97. The van der Waals surface area contributed by atoms with Gasteiger partial charge in [-0.1, -0.05) is 18.2 Å². The van der Waals surface area contributed by atoms with E-state index in [1.807, 2.05) is 48.1 Å². The second-order valence-corrected chi connectivity index (χ2v) is 3.68. The maximum atomic E-state index is 4.26.